The van der Waals surface area contributed by atoms with Crippen LogP contribution in [-0.4, -0.2) is 16.1 Å². The second-order valence-electron chi connectivity index (χ2n) is 5.13. The lowest BCUT2D eigenvalue weighted by Gasteiger charge is -2.16. The van der Waals surface area contributed by atoms with Gasteiger partial charge in [-0.3, -0.25) is 4.79 Å². The van der Waals surface area contributed by atoms with Gasteiger partial charge in [-0.1, -0.05) is 25.1 Å². The van der Waals surface area contributed by atoms with E-state index in [2.05, 4.69) is 17.2 Å². The standard InChI is InChI=1S/C17H21N3OS/c1-4-13-7-5-6-11(2)16(13)20-17(21)12(3)22-14-8-9-15(18)19-10-14/h5-10,12H,4H2,1-3H3,(H2,18,19)(H,20,21). The van der Waals surface area contributed by atoms with Crippen LogP contribution in [0, 0.1) is 6.92 Å². The fourth-order valence-electron chi connectivity index (χ4n) is 2.15. The van der Waals surface area contributed by atoms with E-state index in [4.69, 9.17) is 5.73 Å². The highest BCUT2D eigenvalue weighted by Crippen LogP contribution is 2.26. The molecule has 1 aromatic carbocycles. The number of aromatic nitrogens is 1. The average Bonchev–Trinajstić information content (AvgIpc) is 2.51. The van der Waals surface area contributed by atoms with Gasteiger partial charge < -0.3 is 11.1 Å². The van der Waals surface area contributed by atoms with Gasteiger partial charge in [-0.15, -0.1) is 11.8 Å². The normalized spacial score (nSPS) is 12.0. The molecule has 4 nitrogen and oxygen atoms in total. The molecular formula is C17H21N3OS. The number of nitrogens with one attached hydrogen (secondary N) is 1. The van der Waals surface area contributed by atoms with Crippen molar-refractivity contribution in [3.63, 3.8) is 0 Å². The van der Waals surface area contributed by atoms with Crippen molar-refractivity contribution in [3.8, 4) is 0 Å². The molecule has 1 aromatic heterocycles. The molecule has 1 amide bonds. The molecule has 5 heteroatoms. The molecule has 1 heterocycles. The number of amides is 1. The van der Waals surface area contributed by atoms with Crippen LogP contribution in [-0.2, 0) is 11.2 Å². The van der Waals surface area contributed by atoms with E-state index >= 15 is 0 Å². The second-order valence-corrected chi connectivity index (χ2v) is 6.54. The Morgan fingerprint density at radius 3 is 2.77 bits per heavy atom. The molecule has 0 spiro atoms. The number of carbonyl (C=O) groups excluding carboxylic acids is 1. The second kappa shape index (κ2) is 7.31. The monoisotopic (exact) mass is 315 g/mol. The van der Waals surface area contributed by atoms with E-state index in [0.717, 1.165) is 28.1 Å². The zero-order chi connectivity index (χ0) is 16.1. The Kier molecular flexibility index (Phi) is 5.44. The summed E-state index contributed by atoms with van der Waals surface area (Å²) < 4.78 is 0. The van der Waals surface area contributed by atoms with Crippen LogP contribution in [0.5, 0.6) is 0 Å². The van der Waals surface area contributed by atoms with Crippen molar-refractivity contribution in [2.45, 2.75) is 37.3 Å². The largest absolute Gasteiger partial charge is 0.384 e. The summed E-state index contributed by atoms with van der Waals surface area (Å²) in [6, 6.07) is 9.69. The lowest BCUT2D eigenvalue weighted by Crippen LogP contribution is -2.23. The fraction of sp³-hybridized carbons (Fsp3) is 0.294. The molecule has 2 aromatic rings. The number of para-hydroxylation sites is 1. The molecule has 0 aliphatic carbocycles. The summed E-state index contributed by atoms with van der Waals surface area (Å²) in [7, 11) is 0. The van der Waals surface area contributed by atoms with Gasteiger partial charge in [-0.25, -0.2) is 4.98 Å². The molecule has 0 aliphatic rings. The molecule has 0 saturated heterocycles. The Morgan fingerprint density at radius 2 is 2.14 bits per heavy atom. The molecule has 1 unspecified atom stereocenters. The van der Waals surface area contributed by atoms with E-state index in [-0.39, 0.29) is 11.2 Å². The van der Waals surface area contributed by atoms with Gasteiger partial charge in [0.15, 0.2) is 0 Å². The van der Waals surface area contributed by atoms with E-state index in [1.807, 2.05) is 38.1 Å². The van der Waals surface area contributed by atoms with Gasteiger partial charge in [0.05, 0.1) is 5.25 Å². The van der Waals surface area contributed by atoms with Gasteiger partial charge in [0.2, 0.25) is 5.91 Å². The number of benzene rings is 1. The lowest BCUT2D eigenvalue weighted by molar-refractivity contribution is -0.115. The maximum absolute atomic E-state index is 12.4. The van der Waals surface area contributed by atoms with Crippen molar-refractivity contribution in [1.29, 1.82) is 0 Å². The summed E-state index contributed by atoms with van der Waals surface area (Å²) in [5, 5.41) is 2.84. The van der Waals surface area contributed by atoms with Gasteiger partial charge in [-0.2, -0.15) is 0 Å². The molecule has 0 bridgehead atoms. The number of carbonyl (C=O) groups is 1. The third-order valence-electron chi connectivity index (χ3n) is 3.43. The number of hydrogen-bond acceptors (Lipinski definition) is 4. The Hall–Kier alpha value is -2.01. The number of rotatable bonds is 5. The SMILES string of the molecule is CCc1cccc(C)c1NC(=O)C(C)Sc1ccc(N)nc1. The van der Waals surface area contributed by atoms with Crippen LogP contribution in [0.15, 0.2) is 41.4 Å². The minimum absolute atomic E-state index is 0.00850. The molecule has 0 fully saturated rings. The molecule has 3 N–H and O–H groups in total. The van der Waals surface area contributed by atoms with Crippen LogP contribution >= 0.6 is 11.8 Å². The third-order valence-corrected chi connectivity index (χ3v) is 4.51. The predicted molar refractivity (Wildman–Crippen MR) is 93.2 cm³/mol. The molecule has 2 rings (SSSR count). The Bertz CT molecular complexity index is 655. The maximum atomic E-state index is 12.4. The quantitative estimate of drug-likeness (QED) is 0.826. The van der Waals surface area contributed by atoms with Crippen LogP contribution in [0.4, 0.5) is 11.5 Å². The summed E-state index contributed by atoms with van der Waals surface area (Å²) in [5.74, 6) is 0.472. The molecule has 0 radical (unpaired) electrons. The number of nitrogens with zero attached hydrogens (tertiary/aromatic N) is 1. The van der Waals surface area contributed by atoms with E-state index in [1.165, 1.54) is 11.8 Å². The number of anilines is 2. The van der Waals surface area contributed by atoms with Crippen molar-refractivity contribution in [2.24, 2.45) is 0 Å². The maximum Gasteiger partial charge on any atom is 0.237 e. The van der Waals surface area contributed by atoms with Crippen LogP contribution in [0.25, 0.3) is 0 Å². The van der Waals surface area contributed by atoms with Gasteiger partial charge in [-0.05, 0) is 43.5 Å². The summed E-state index contributed by atoms with van der Waals surface area (Å²) in [4.78, 5) is 17.4. The van der Waals surface area contributed by atoms with Gasteiger partial charge >= 0.3 is 0 Å². The minimum Gasteiger partial charge on any atom is -0.384 e. The first-order chi connectivity index (χ1) is 10.5. The van der Waals surface area contributed by atoms with Crippen LogP contribution in [0.3, 0.4) is 0 Å². The smallest absolute Gasteiger partial charge is 0.237 e. The number of nitrogen functional groups attached to an aromatic ring is 1. The first-order valence-corrected chi connectivity index (χ1v) is 8.16. The van der Waals surface area contributed by atoms with Crippen LogP contribution < -0.4 is 11.1 Å². The number of thioether (sulfide) groups is 1. The Balaban J connectivity index is 2.07. The molecule has 22 heavy (non-hydrogen) atoms. The Labute approximate surface area is 135 Å². The molecule has 116 valence electrons. The van der Waals surface area contributed by atoms with Crippen LogP contribution in [0.1, 0.15) is 25.0 Å². The summed E-state index contributed by atoms with van der Waals surface area (Å²) >= 11 is 1.47. The van der Waals surface area contributed by atoms with Gasteiger partial charge in [0, 0.05) is 16.8 Å². The molecular weight excluding hydrogens is 294 g/mol. The van der Waals surface area contributed by atoms with E-state index in [9.17, 15) is 4.79 Å². The third kappa shape index (κ3) is 4.01. The van der Waals surface area contributed by atoms with Crippen LogP contribution in [0.2, 0.25) is 0 Å². The van der Waals surface area contributed by atoms with Crippen molar-refractivity contribution in [3.05, 3.63) is 47.7 Å². The molecule has 1 atom stereocenters. The average molecular weight is 315 g/mol. The minimum atomic E-state index is -0.213. The highest BCUT2D eigenvalue weighted by atomic mass is 32.2. The Morgan fingerprint density at radius 1 is 1.36 bits per heavy atom. The van der Waals surface area contributed by atoms with Crippen molar-refractivity contribution < 1.29 is 4.79 Å². The number of hydrogen-bond donors (Lipinski definition) is 2. The summed E-state index contributed by atoms with van der Waals surface area (Å²) in [6.45, 7) is 5.99. The van der Waals surface area contributed by atoms with E-state index in [0.29, 0.717) is 5.82 Å². The topological polar surface area (TPSA) is 68.0 Å². The number of aryl methyl sites for hydroxylation is 2. The number of pyridine rings is 1. The fourth-order valence-corrected chi connectivity index (χ4v) is 2.98. The zero-order valence-corrected chi connectivity index (χ0v) is 13.9. The van der Waals surface area contributed by atoms with E-state index < -0.39 is 0 Å². The molecule has 0 aliphatic heterocycles. The van der Waals surface area contributed by atoms with Gasteiger partial charge in [0.25, 0.3) is 0 Å². The number of nitrogens with two attached hydrogens (primary N) is 1. The lowest BCUT2D eigenvalue weighted by atomic mass is 10.1. The summed E-state index contributed by atoms with van der Waals surface area (Å²) in [6.07, 6.45) is 2.58. The molecule has 0 saturated carbocycles. The van der Waals surface area contributed by atoms with E-state index in [1.54, 1.807) is 12.3 Å². The van der Waals surface area contributed by atoms with Gasteiger partial charge in [0.1, 0.15) is 5.82 Å². The first kappa shape index (κ1) is 16.4. The summed E-state index contributed by atoms with van der Waals surface area (Å²) in [5.41, 5.74) is 8.73. The first-order valence-electron chi connectivity index (χ1n) is 7.28. The van der Waals surface area contributed by atoms with Crippen molar-refractivity contribution >= 4 is 29.2 Å². The highest BCUT2D eigenvalue weighted by Gasteiger charge is 2.16. The van der Waals surface area contributed by atoms with Crippen molar-refractivity contribution in [2.75, 3.05) is 11.1 Å². The van der Waals surface area contributed by atoms with Crippen molar-refractivity contribution in [1.82, 2.24) is 4.98 Å². The predicted octanol–water partition coefficient (Wildman–Crippen LogP) is 3.65. The highest BCUT2D eigenvalue weighted by molar-refractivity contribution is 8.00. The zero-order valence-electron chi connectivity index (χ0n) is 13.1.